The van der Waals surface area contributed by atoms with Crippen LogP contribution >= 0.6 is 0 Å². The Bertz CT molecular complexity index is 504. The summed E-state index contributed by atoms with van der Waals surface area (Å²) in [5.41, 5.74) is 6.09. The number of nitrogens with two attached hydrogens (primary N) is 1. The molecule has 1 aromatic carbocycles. The maximum absolute atomic E-state index is 12.4. The lowest BCUT2D eigenvalue weighted by atomic mass is 10.2. The third kappa shape index (κ3) is 4.14. The monoisotopic (exact) mass is 278 g/mol. The summed E-state index contributed by atoms with van der Waals surface area (Å²) in [4.78, 5) is 0. The van der Waals surface area contributed by atoms with Gasteiger partial charge in [-0.2, -0.15) is 0 Å². The van der Waals surface area contributed by atoms with Crippen LogP contribution in [0.2, 0.25) is 0 Å². The maximum Gasteiger partial charge on any atom is 0.263 e. The number of hydrogen-bond donors (Lipinski definition) is 2. The minimum Gasteiger partial charge on any atom is -0.397 e. The summed E-state index contributed by atoms with van der Waals surface area (Å²) in [5, 5.41) is 2.82. The quantitative estimate of drug-likeness (QED) is 0.781. The van der Waals surface area contributed by atoms with Crippen molar-refractivity contribution in [3.63, 3.8) is 0 Å². The zero-order valence-electron chi connectivity index (χ0n) is 9.99. The zero-order chi connectivity index (χ0) is 13.8. The lowest BCUT2D eigenvalue weighted by Gasteiger charge is -2.10. The minimum absolute atomic E-state index is 0.0143. The minimum atomic E-state index is -3.05. The maximum atomic E-state index is 12.4. The molecule has 0 spiro atoms. The van der Waals surface area contributed by atoms with E-state index in [9.17, 15) is 17.2 Å². The molecule has 0 aromatic heterocycles. The molecule has 0 bridgehead atoms. The van der Waals surface area contributed by atoms with Crippen LogP contribution in [0.25, 0.3) is 0 Å². The lowest BCUT2D eigenvalue weighted by molar-refractivity contribution is 0.151. The van der Waals surface area contributed by atoms with E-state index in [1.54, 1.807) is 6.92 Å². The van der Waals surface area contributed by atoms with Gasteiger partial charge in [0.2, 0.25) is 0 Å². The number of nitrogens with one attached hydrogen (secondary N) is 1. The second kappa shape index (κ2) is 5.99. The predicted octanol–water partition coefficient (Wildman–Crippen LogP) is 2.05. The van der Waals surface area contributed by atoms with Gasteiger partial charge in [-0.25, -0.2) is 17.2 Å². The van der Waals surface area contributed by atoms with Crippen molar-refractivity contribution >= 4 is 21.2 Å². The van der Waals surface area contributed by atoms with Gasteiger partial charge in [-0.05, 0) is 12.1 Å². The van der Waals surface area contributed by atoms with Crippen molar-refractivity contribution in [1.82, 2.24) is 0 Å². The number of anilines is 2. The number of sulfone groups is 1. The molecule has 0 amide bonds. The third-order valence-corrected chi connectivity index (χ3v) is 4.20. The Morgan fingerprint density at radius 3 is 2.56 bits per heavy atom. The summed E-state index contributed by atoms with van der Waals surface area (Å²) >= 11 is 0. The molecule has 0 heterocycles. The fourth-order valence-corrected chi connectivity index (χ4v) is 2.07. The van der Waals surface area contributed by atoms with E-state index >= 15 is 0 Å². The van der Waals surface area contributed by atoms with E-state index < -0.39 is 16.3 Å². The van der Waals surface area contributed by atoms with Crippen molar-refractivity contribution in [3.8, 4) is 0 Å². The largest absolute Gasteiger partial charge is 0.397 e. The fourth-order valence-electron chi connectivity index (χ4n) is 1.36. The SMILES string of the molecule is CCS(=O)(=O)CCNc1ccc(C(F)F)cc1N. The molecule has 3 N–H and O–H groups in total. The number of halogens is 2. The van der Waals surface area contributed by atoms with Gasteiger partial charge in [0, 0.05) is 17.9 Å². The first-order chi connectivity index (χ1) is 8.35. The van der Waals surface area contributed by atoms with Gasteiger partial charge in [0.25, 0.3) is 6.43 Å². The smallest absolute Gasteiger partial charge is 0.263 e. The van der Waals surface area contributed by atoms with Crippen molar-refractivity contribution in [2.45, 2.75) is 13.3 Å². The van der Waals surface area contributed by atoms with E-state index in [4.69, 9.17) is 5.73 Å². The molecule has 0 atom stereocenters. The van der Waals surface area contributed by atoms with Crippen LogP contribution in [0, 0.1) is 0 Å². The van der Waals surface area contributed by atoms with Crippen molar-refractivity contribution in [2.75, 3.05) is 29.1 Å². The number of hydrogen-bond acceptors (Lipinski definition) is 4. The first-order valence-corrected chi connectivity index (χ1v) is 7.29. The fraction of sp³-hybridized carbons (Fsp3) is 0.455. The van der Waals surface area contributed by atoms with Crippen LogP contribution in [0.4, 0.5) is 20.2 Å². The van der Waals surface area contributed by atoms with E-state index in [-0.39, 0.29) is 29.3 Å². The Morgan fingerprint density at radius 1 is 1.39 bits per heavy atom. The number of nitrogen functional groups attached to an aromatic ring is 1. The Kier molecular flexibility index (Phi) is 4.89. The molecule has 4 nitrogen and oxygen atoms in total. The van der Waals surface area contributed by atoms with Gasteiger partial charge in [0.15, 0.2) is 9.84 Å². The summed E-state index contributed by atoms with van der Waals surface area (Å²) < 4.78 is 47.2. The highest BCUT2D eigenvalue weighted by Crippen LogP contribution is 2.26. The van der Waals surface area contributed by atoms with E-state index in [2.05, 4.69) is 5.32 Å². The molecule has 0 radical (unpaired) electrons. The third-order valence-electron chi connectivity index (χ3n) is 2.50. The first kappa shape index (κ1) is 14.7. The number of benzene rings is 1. The highest BCUT2D eigenvalue weighted by atomic mass is 32.2. The van der Waals surface area contributed by atoms with Crippen molar-refractivity contribution in [1.29, 1.82) is 0 Å². The van der Waals surface area contributed by atoms with Gasteiger partial charge < -0.3 is 11.1 Å². The number of alkyl halides is 2. The lowest BCUT2D eigenvalue weighted by Crippen LogP contribution is -2.17. The van der Waals surface area contributed by atoms with Crippen LogP contribution in [0.3, 0.4) is 0 Å². The molecule has 0 saturated carbocycles. The summed E-state index contributed by atoms with van der Waals surface area (Å²) in [6.45, 7) is 1.77. The van der Waals surface area contributed by atoms with Crippen molar-refractivity contribution in [3.05, 3.63) is 23.8 Å². The molecule has 102 valence electrons. The summed E-state index contributed by atoms with van der Waals surface area (Å²) in [5.74, 6) is 0.0635. The highest BCUT2D eigenvalue weighted by molar-refractivity contribution is 7.91. The van der Waals surface area contributed by atoms with E-state index in [1.807, 2.05) is 0 Å². The van der Waals surface area contributed by atoms with Crippen LogP contribution in [0.5, 0.6) is 0 Å². The standard InChI is InChI=1S/C11H16F2N2O2S/c1-2-18(16,17)6-5-15-10-4-3-8(11(12)13)7-9(10)14/h3-4,7,11,15H,2,5-6,14H2,1H3. The van der Waals surface area contributed by atoms with E-state index in [1.165, 1.54) is 18.2 Å². The Labute approximate surface area is 105 Å². The molecule has 7 heteroatoms. The second-order valence-corrected chi connectivity index (χ2v) is 6.28. The van der Waals surface area contributed by atoms with Crippen LogP contribution in [-0.4, -0.2) is 26.5 Å². The zero-order valence-corrected chi connectivity index (χ0v) is 10.8. The van der Waals surface area contributed by atoms with Crippen molar-refractivity contribution < 1.29 is 17.2 Å². The van der Waals surface area contributed by atoms with Gasteiger partial charge >= 0.3 is 0 Å². The Morgan fingerprint density at radius 2 is 2.06 bits per heavy atom. The van der Waals surface area contributed by atoms with Gasteiger partial charge in [0.05, 0.1) is 17.1 Å². The van der Waals surface area contributed by atoms with Crippen LogP contribution in [0.1, 0.15) is 18.9 Å². The molecule has 1 aromatic rings. The van der Waals surface area contributed by atoms with Gasteiger partial charge in [-0.15, -0.1) is 0 Å². The van der Waals surface area contributed by atoms with Gasteiger partial charge in [-0.3, -0.25) is 0 Å². The average molecular weight is 278 g/mol. The number of rotatable bonds is 6. The second-order valence-electron chi connectivity index (χ2n) is 3.81. The van der Waals surface area contributed by atoms with Gasteiger partial charge in [-0.1, -0.05) is 13.0 Å². The van der Waals surface area contributed by atoms with E-state index in [0.29, 0.717) is 5.69 Å². The molecule has 0 fully saturated rings. The van der Waals surface area contributed by atoms with Crippen molar-refractivity contribution in [2.24, 2.45) is 0 Å². The van der Waals surface area contributed by atoms with Gasteiger partial charge in [0.1, 0.15) is 0 Å². The molecule has 0 aliphatic carbocycles. The topological polar surface area (TPSA) is 72.2 Å². The molecule has 0 saturated heterocycles. The van der Waals surface area contributed by atoms with E-state index in [0.717, 1.165) is 0 Å². The first-order valence-electron chi connectivity index (χ1n) is 5.47. The highest BCUT2D eigenvalue weighted by Gasteiger charge is 2.10. The molecule has 0 aliphatic heterocycles. The normalized spacial score (nSPS) is 11.8. The predicted molar refractivity (Wildman–Crippen MR) is 68.6 cm³/mol. The van der Waals surface area contributed by atoms with Crippen LogP contribution in [-0.2, 0) is 9.84 Å². The molecule has 18 heavy (non-hydrogen) atoms. The summed E-state index contributed by atoms with van der Waals surface area (Å²) in [6.07, 6.45) is -2.57. The average Bonchev–Trinajstić information content (AvgIpc) is 2.31. The molecule has 1 rings (SSSR count). The Hall–Kier alpha value is -1.37. The molecular weight excluding hydrogens is 262 g/mol. The molecular formula is C11H16F2N2O2S. The Balaban J connectivity index is 2.64. The van der Waals surface area contributed by atoms with Crippen LogP contribution < -0.4 is 11.1 Å². The molecule has 0 aliphatic rings. The summed E-state index contributed by atoms with van der Waals surface area (Å²) in [6, 6.07) is 3.87. The molecule has 0 unspecified atom stereocenters. The van der Waals surface area contributed by atoms with Crippen LogP contribution in [0.15, 0.2) is 18.2 Å². The summed E-state index contributed by atoms with van der Waals surface area (Å²) in [7, 11) is -3.05.